The molecular weight excluding hydrogens is 254 g/mol. The number of urea groups is 1. The minimum atomic E-state index is -0.201. The van der Waals surface area contributed by atoms with Crippen molar-refractivity contribution in [3.8, 4) is 5.75 Å². The van der Waals surface area contributed by atoms with E-state index >= 15 is 0 Å². The van der Waals surface area contributed by atoms with Crippen LogP contribution in [0.2, 0.25) is 0 Å². The van der Waals surface area contributed by atoms with Crippen molar-refractivity contribution in [2.75, 3.05) is 33.9 Å². The second-order valence-electron chi connectivity index (χ2n) is 5.12. The van der Waals surface area contributed by atoms with E-state index in [-0.39, 0.29) is 12.8 Å². The summed E-state index contributed by atoms with van der Waals surface area (Å²) in [6, 6.07) is 5.67. The third-order valence-corrected chi connectivity index (χ3v) is 3.02. The zero-order valence-corrected chi connectivity index (χ0v) is 12.8. The molecule has 0 aliphatic heterocycles. The molecule has 0 aliphatic carbocycles. The highest BCUT2D eigenvalue weighted by Gasteiger charge is 2.01. The van der Waals surface area contributed by atoms with E-state index in [4.69, 9.17) is 4.74 Å². The van der Waals surface area contributed by atoms with Crippen LogP contribution in [-0.4, -0.2) is 44.8 Å². The molecule has 0 unspecified atom stereocenters. The van der Waals surface area contributed by atoms with Gasteiger partial charge in [0, 0.05) is 6.54 Å². The first-order valence-electron chi connectivity index (χ1n) is 6.85. The lowest BCUT2D eigenvalue weighted by molar-refractivity contribution is 0.223. The van der Waals surface area contributed by atoms with Crippen molar-refractivity contribution in [1.29, 1.82) is 0 Å². The van der Waals surface area contributed by atoms with Crippen molar-refractivity contribution < 1.29 is 9.53 Å². The summed E-state index contributed by atoms with van der Waals surface area (Å²) in [6.07, 6.45) is 0.929. The summed E-state index contributed by atoms with van der Waals surface area (Å²) in [7, 11) is 4.02. The Kier molecular flexibility index (Phi) is 6.87. The van der Waals surface area contributed by atoms with Gasteiger partial charge in [-0.1, -0.05) is 6.07 Å². The lowest BCUT2D eigenvalue weighted by Gasteiger charge is -2.12. The molecule has 1 aromatic carbocycles. The molecule has 0 radical (unpaired) electrons. The molecule has 5 nitrogen and oxygen atoms in total. The van der Waals surface area contributed by atoms with E-state index in [1.54, 1.807) is 0 Å². The third kappa shape index (κ3) is 6.43. The van der Waals surface area contributed by atoms with Gasteiger partial charge in [-0.3, -0.25) is 0 Å². The molecule has 0 aromatic heterocycles. The first-order valence-corrected chi connectivity index (χ1v) is 6.85. The van der Waals surface area contributed by atoms with E-state index in [0.29, 0.717) is 6.54 Å². The molecule has 112 valence electrons. The molecule has 2 amide bonds. The Bertz CT molecular complexity index is 433. The standard InChI is InChI=1S/C15H25N3O2/c1-12-6-7-14(10-13(12)2)20-11-17-15(19)16-8-5-9-18(3)4/h6-7,10H,5,8-9,11H2,1-4H3,(H2,16,17,19). The maximum atomic E-state index is 11.5. The normalized spacial score (nSPS) is 10.4. The molecule has 0 aliphatic rings. The molecule has 0 bridgehead atoms. The van der Waals surface area contributed by atoms with Gasteiger partial charge in [0.25, 0.3) is 0 Å². The van der Waals surface area contributed by atoms with Crippen molar-refractivity contribution in [2.45, 2.75) is 20.3 Å². The van der Waals surface area contributed by atoms with E-state index in [9.17, 15) is 4.79 Å². The van der Waals surface area contributed by atoms with Crippen LogP contribution in [0.5, 0.6) is 5.75 Å². The lowest BCUT2D eigenvalue weighted by Crippen LogP contribution is -2.38. The Labute approximate surface area is 121 Å². The van der Waals surface area contributed by atoms with Gasteiger partial charge in [0.1, 0.15) is 5.75 Å². The summed E-state index contributed by atoms with van der Waals surface area (Å²) in [5.41, 5.74) is 2.40. The van der Waals surface area contributed by atoms with E-state index in [0.717, 1.165) is 18.7 Å². The van der Waals surface area contributed by atoms with Crippen molar-refractivity contribution in [2.24, 2.45) is 0 Å². The first kappa shape index (κ1) is 16.3. The van der Waals surface area contributed by atoms with Crippen LogP contribution in [0.3, 0.4) is 0 Å². The van der Waals surface area contributed by atoms with Gasteiger partial charge in [-0.2, -0.15) is 0 Å². The van der Waals surface area contributed by atoms with Gasteiger partial charge in [0.2, 0.25) is 0 Å². The number of nitrogens with zero attached hydrogens (tertiary/aromatic N) is 1. The fraction of sp³-hybridized carbons (Fsp3) is 0.533. The fourth-order valence-electron chi connectivity index (χ4n) is 1.65. The van der Waals surface area contributed by atoms with Gasteiger partial charge in [0.15, 0.2) is 6.73 Å². The van der Waals surface area contributed by atoms with Crippen LogP contribution in [0.4, 0.5) is 4.79 Å². The van der Waals surface area contributed by atoms with Crippen LogP contribution in [-0.2, 0) is 0 Å². The quantitative estimate of drug-likeness (QED) is 0.592. The van der Waals surface area contributed by atoms with Gasteiger partial charge in [-0.05, 0) is 64.2 Å². The second kappa shape index (κ2) is 8.43. The zero-order valence-electron chi connectivity index (χ0n) is 12.8. The topological polar surface area (TPSA) is 53.6 Å². The molecule has 0 atom stereocenters. The third-order valence-electron chi connectivity index (χ3n) is 3.02. The molecule has 20 heavy (non-hydrogen) atoms. The molecule has 2 N–H and O–H groups in total. The number of benzene rings is 1. The summed E-state index contributed by atoms with van der Waals surface area (Å²) in [6.45, 7) is 5.88. The molecule has 1 aromatic rings. The van der Waals surface area contributed by atoms with Crippen LogP contribution in [0.25, 0.3) is 0 Å². The number of carbonyl (C=O) groups excluding carboxylic acids is 1. The fourth-order valence-corrected chi connectivity index (χ4v) is 1.65. The number of rotatable bonds is 7. The number of hydrogen-bond acceptors (Lipinski definition) is 3. The Morgan fingerprint density at radius 3 is 2.60 bits per heavy atom. The maximum absolute atomic E-state index is 11.5. The number of hydrogen-bond donors (Lipinski definition) is 2. The summed E-state index contributed by atoms with van der Waals surface area (Å²) >= 11 is 0. The van der Waals surface area contributed by atoms with Crippen LogP contribution >= 0.6 is 0 Å². The number of carbonyl (C=O) groups is 1. The van der Waals surface area contributed by atoms with E-state index < -0.39 is 0 Å². The average Bonchev–Trinajstić information content (AvgIpc) is 2.39. The molecule has 1 rings (SSSR count). The minimum absolute atomic E-state index is 0.169. The number of aryl methyl sites for hydroxylation is 2. The van der Waals surface area contributed by atoms with E-state index in [1.807, 2.05) is 39.2 Å². The maximum Gasteiger partial charge on any atom is 0.317 e. The molecule has 0 fully saturated rings. The van der Waals surface area contributed by atoms with Crippen LogP contribution in [0.15, 0.2) is 18.2 Å². The molecule has 0 heterocycles. The van der Waals surface area contributed by atoms with E-state index in [1.165, 1.54) is 11.1 Å². The largest absolute Gasteiger partial charge is 0.473 e. The average molecular weight is 279 g/mol. The Balaban J connectivity index is 2.16. The lowest BCUT2D eigenvalue weighted by atomic mass is 10.1. The van der Waals surface area contributed by atoms with Gasteiger partial charge in [-0.25, -0.2) is 4.79 Å². The van der Waals surface area contributed by atoms with Gasteiger partial charge in [0.05, 0.1) is 0 Å². The molecule has 0 spiro atoms. The Morgan fingerprint density at radius 1 is 1.20 bits per heavy atom. The van der Waals surface area contributed by atoms with Crippen molar-refractivity contribution in [1.82, 2.24) is 15.5 Å². The second-order valence-corrected chi connectivity index (χ2v) is 5.12. The highest BCUT2D eigenvalue weighted by Crippen LogP contribution is 2.15. The summed E-state index contributed by atoms with van der Waals surface area (Å²) in [5.74, 6) is 0.765. The van der Waals surface area contributed by atoms with E-state index in [2.05, 4.69) is 22.5 Å². The van der Waals surface area contributed by atoms with Crippen molar-refractivity contribution in [3.63, 3.8) is 0 Å². The van der Waals surface area contributed by atoms with Gasteiger partial charge >= 0.3 is 6.03 Å². The number of amides is 2. The predicted molar refractivity (Wildman–Crippen MR) is 81.1 cm³/mol. The highest BCUT2D eigenvalue weighted by atomic mass is 16.5. The summed E-state index contributed by atoms with van der Waals surface area (Å²) < 4.78 is 5.48. The predicted octanol–water partition coefficient (Wildman–Crippen LogP) is 1.89. The smallest absolute Gasteiger partial charge is 0.317 e. The van der Waals surface area contributed by atoms with Crippen LogP contribution < -0.4 is 15.4 Å². The molecule has 0 saturated heterocycles. The SMILES string of the molecule is Cc1ccc(OCNC(=O)NCCCN(C)C)cc1C. The molecular formula is C15H25N3O2. The summed E-state index contributed by atoms with van der Waals surface area (Å²) in [4.78, 5) is 13.6. The Morgan fingerprint density at radius 2 is 1.95 bits per heavy atom. The van der Waals surface area contributed by atoms with Gasteiger partial charge in [-0.15, -0.1) is 0 Å². The number of nitrogens with one attached hydrogen (secondary N) is 2. The monoisotopic (exact) mass is 279 g/mol. The van der Waals surface area contributed by atoms with Crippen LogP contribution in [0.1, 0.15) is 17.5 Å². The summed E-state index contributed by atoms with van der Waals surface area (Å²) in [5, 5.41) is 5.46. The zero-order chi connectivity index (χ0) is 15.0. The first-order chi connectivity index (χ1) is 9.49. The molecule has 5 heteroatoms. The van der Waals surface area contributed by atoms with Crippen molar-refractivity contribution >= 4 is 6.03 Å². The Hall–Kier alpha value is -1.75. The minimum Gasteiger partial charge on any atom is -0.473 e. The highest BCUT2D eigenvalue weighted by molar-refractivity contribution is 5.73. The van der Waals surface area contributed by atoms with Crippen LogP contribution in [0, 0.1) is 13.8 Å². The molecule has 0 saturated carbocycles. The van der Waals surface area contributed by atoms with Crippen molar-refractivity contribution in [3.05, 3.63) is 29.3 Å². The van der Waals surface area contributed by atoms with Gasteiger partial charge < -0.3 is 20.3 Å². The number of ether oxygens (including phenoxy) is 1.